The minimum Gasteiger partial charge on any atom is -0.454 e. The number of aromatic nitrogens is 1. The third-order valence-corrected chi connectivity index (χ3v) is 7.50. The Labute approximate surface area is 251 Å². The van der Waals surface area contributed by atoms with Crippen molar-refractivity contribution in [2.75, 3.05) is 6.79 Å². The van der Waals surface area contributed by atoms with E-state index in [0.717, 1.165) is 32.1 Å². The monoisotopic (exact) mass is 673 g/mol. The Balaban J connectivity index is 1.27. The molecule has 10 heteroatoms. The highest BCUT2D eigenvalue weighted by Crippen LogP contribution is 2.36. The van der Waals surface area contributed by atoms with Crippen LogP contribution in [-0.4, -0.2) is 29.9 Å². The lowest BCUT2D eigenvalue weighted by molar-refractivity contribution is 0.0732. The van der Waals surface area contributed by atoms with Gasteiger partial charge in [-0.2, -0.15) is 5.10 Å². The number of carbonyl (C=O) groups excluding carboxylic acids is 2. The Morgan fingerprint density at radius 2 is 1.78 bits per heavy atom. The molecule has 0 saturated carbocycles. The number of benzene rings is 4. The van der Waals surface area contributed by atoms with Crippen molar-refractivity contribution in [1.29, 1.82) is 0 Å². The highest BCUT2D eigenvalue weighted by atomic mass is 79.9. The van der Waals surface area contributed by atoms with Crippen molar-refractivity contribution in [3.63, 3.8) is 0 Å². The Kier molecular flexibility index (Phi) is 7.34. The van der Waals surface area contributed by atoms with E-state index in [-0.39, 0.29) is 12.5 Å². The summed E-state index contributed by atoms with van der Waals surface area (Å²) in [6.45, 7) is 2.11. The smallest absolute Gasteiger partial charge is 0.343 e. The quantitative estimate of drug-likeness (QED) is 0.0847. The van der Waals surface area contributed by atoms with Crippen molar-refractivity contribution in [2.45, 2.75) is 6.92 Å². The number of nitrogens with one attached hydrogen (secondary N) is 2. The van der Waals surface area contributed by atoms with Gasteiger partial charge < -0.3 is 19.2 Å². The van der Waals surface area contributed by atoms with Gasteiger partial charge in [-0.15, -0.1) is 0 Å². The summed E-state index contributed by atoms with van der Waals surface area (Å²) in [5.41, 5.74) is 7.38. The summed E-state index contributed by atoms with van der Waals surface area (Å²) in [4.78, 5) is 29.6. The number of aromatic amines is 1. The number of halogens is 2. The summed E-state index contributed by atoms with van der Waals surface area (Å²) in [5, 5.41) is 5.14. The van der Waals surface area contributed by atoms with Gasteiger partial charge in [0, 0.05) is 26.5 Å². The molecule has 0 atom stereocenters. The van der Waals surface area contributed by atoms with Crippen molar-refractivity contribution in [3.05, 3.63) is 110 Å². The predicted octanol–water partition coefficient (Wildman–Crippen LogP) is 7.38. The molecule has 204 valence electrons. The van der Waals surface area contributed by atoms with Gasteiger partial charge in [0.25, 0.3) is 5.91 Å². The molecule has 0 radical (unpaired) electrons. The summed E-state index contributed by atoms with van der Waals surface area (Å²) < 4.78 is 17.7. The largest absolute Gasteiger partial charge is 0.454 e. The molecule has 2 heterocycles. The van der Waals surface area contributed by atoms with E-state index in [2.05, 4.69) is 47.4 Å². The lowest BCUT2D eigenvalue weighted by Crippen LogP contribution is -2.19. The molecule has 0 fully saturated rings. The van der Waals surface area contributed by atoms with Crippen molar-refractivity contribution < 1.29 is 23.8 Å². The minimum absolute atomic E-state index is 0.101. The van der Waals surface area contributed by atoms with Gasteiger partial charge in [-0.3, -0.25) is 4.79 Å². The summed E-state index contributed by atoms with van der Waals surface area (Å²) in [5.74, 6) is 0.268. The average Bonchev–Trinajstić information content (AvgIpc) is 3.59. The number of fused-ring (bicyclic) bond motifs is 2. The topological polar surface area (TPSA) is 102 Å². The van der Waals surface area contributed by atoms with E-state index in [4.69, 9.17) is 14.2 Å². The summed E-state index contributed by atoms with van der Waals surface area (Å²) in [6.07, 6.45) is 1.42. The zero-order chi connectivity index (χ0) is 28.5. The Morgan fingerprint density at radius 1 is 0.976 bits per heavy atom. The third-order valence-electron chi connectivity index (χ3n) is 6.45. The number of esters is 1. The van der Waals surface area contributed by atoms with Crippen molar-refractivity contribution in [3.8, 4) is 28.4 Å². The highest BCUT2D eigenvalue weighted by Gasteiger charge is 2.21. The Bertz CT molecular complexity index is 1850. The molecule has 0 spiro atoms. The van der Waals surface area contributed by atoms with Crippen LogP contribution in [0, 0.1) is 6.92 Å². The summed E-state index contributed by atoms with van der Waals surface area (Å²) in [7, 11) is 0. The van der Waals surface area contributed by atoms with Crippen molar-refractivity contribution >= 4 is 60.9 Å². The van der Waals surface area contributed by atoms with Crippen LogP contribution in [0.25, 0.3) is 22.0 Å². The minimum atomic E-state index is -0.592. The van der Waals surface area contributed by atoms with Crippen LogP contribution in [0.15, 0.2) is 92.9 Å². The maximum atomic E-state index is 13.4. The van der Waals surface area contributed by atoms with Crippen molar-refractivity contribution in [2.24, 2.45) is 5.10 Å². The van der Waals surface area contributed by atoms with Gasteiger partial charge in [0.2, 0.25) is 6.79 Å². The second-order valence-electron chi connectivity index (χ2n) is 9.25. The molecule has 1 aliphatic rings. The van der Waals surface area contributed by atoms with E-state index in [0.29, 0.717) is 32.8 Å². The van der Waals surface area contributed by atoms with Gasteiger partial charge in [-0.05, 0) is 70.9 Å². The molecule has 2 N–H and O–H groups in total. The molecule has 0 unspecified atom stereocenters. The molecule has 0 aliphatic carbocycles. The van der Waals surface area contributed by atoms with Crippen LogP contribution in [0.3, 0.4) is 0 Å². The fourth-order valence-electron chi connectivity index (χ4n) is 4.56. The Morgan fingerprint density at radius 3 is 2.61 bits per heavy atom. The number of amides is 1. The van der Waals surface area contributed by atoms with Crippen LogP contribution in [0.4, 0.5) is 0 Å². The molecule has 1 aliphatic heterocycles. The maximum Gasteiger partial charge on any atom is 0.343 e. The first-order chi connectivity index (χ1) is 19.9. The van der Waals surface area contributed by atoms with Gasteiger partial charge in [-0.25, -0.2) is 10.2 Å². The molecule has 6 rings (SSSR count). The van der Waals surface area contributed by atoms with Crippen LogP contribution in [0.2, 0.25) is 0 Å². The number of hydrogen-bond acceptors (Lipinski definition) is 6. The maximum absolute atomic E-state index is 13.4. The number of nitrogens with zero attached hydrogens (tertiary/aromatic N) is 1. The normalized spacial score (nSPS) is 12.2. The number of carbonyl (C=O) groups is 2. The SMILES string of the molecule is Cc1ccc2[nH]c(C(=O)NN=Cc3cc(Br)cc(Br)c3OC(=O)c3ccc4c(c3)OCO4)c(-c3ccccc3)c2c1. The molecular weight excluding hydrogens is 654 g/mol. The van der Waals surface area contributed by atoms with Crippen LogP contribution in [0.1, 0.15) is 32.0 Å². The number of aryl methyl sites for hydroxylation is 1. The molecule has 4 aromatic carbocycles. The molecule has 0 saturated heterocycles. The van der Waals surface area contributed by atoms with Gasteiger partial charge in [0.05, 0.1) is 16.3 Å². The number of ether oxygens (including phenoxy) is 3. The average molecular weight is 675 g/mol. The van der Waals surface area contributed by atoms with Crippen LogP contribution < -0.4 is 19.6 Å². The summed E-state index contributed by atoms with van der Waals surface area (Å²) in [6, 6.07) is 24.0. The molecule has 41 heavy (non-hydrogen) atoms. The zero-order valence-electron chi connectivity index (χ0n) is 21.5. The third kappa shape index (κ3) is 5.48. The second kappa shape index (κ2) is 11.2. The second-order valence-corrected chi connectivity index (χ2v) is 11.0. The number of rotatable bonds is 6. The first-order valence-corrected chi connectivity index (χ1v) is 14.1. The first-order valence-electron chi connectivity index (χ1n) is 12.5. The lowest BCUT2D eigenvalue weighted by Gasteiger charge is -2.11. The van der Waals surface area contributed by atoms with Crippen LogP contribution in [0.5, 0.6) is 17.2 Å². The molecular formula is C31H21Br2N3O5. The number of hydrazone groups is 1. The fourth-order valence-corrected chi connectivity index (χ4v) is 5.90. The number of H-pyrrole nitrogens is 1. The van der Waals surface area contributed by atoms with E-state index >= 15 is 0 Å². The highest BCUT2D eigenvalue weighted by molar-refractivity contribution is 9.11. The van der Waals surface area contributed by atoms with E-state index in [1.807, 2.05) is 55.5 Å². The van der Waals surface area contributed by atoms with Gasteiger partial charge in [0.1, 0.15) is 5.69 Å². The van der Waals surface area contributed by atoms with E-state index in [1.165, 1.54) is 6.21 Å². The van der Waals surface area contributed by atoms with E-state index in [1.54, 1.807) is 30.3 Å². The standard InChI is InChI=1S/C31H21Br2N3O5/c1-17-7-9-24-22(11-17)27(18-5-3-2-4-6-18)28(35-24)30(37)36-34-15-20-12-21(32)14-23(33)29(20)41-31(38)19-8-10-25-26(13-19)40-16-39-25/h2-15,35H,16H2,1H3,(H,36,37). The number of hydrogen-bond donors (Lipinski definition) is 2. The predicted molar refractivity (Wildman–Crippen MR) is 163 cm³/mol. The van der Waals surface area contributed by atoms with E-state index in [9.17, 15) is 9.59 Å². The van der Waals surface area contributed by atoms with E-state index < -0.39 is 11.9 Å². The lowest BCUT2D eigenvalue weighted by atomic mass is 10.0. The van der Waals surface area contributed by atoms with Crippen LogP contribution in [-0.2, 0) is 0 Å². The van der Waals surface area contributed by atoms with Crippen LogP contribution >= 0.6 is 31.9 Å². The Hall–Kier alpha value is -4.41. The molecule has 0 bridgehead atoms. The molecule has 1 amide bonds. The molecule has 1 aromatic heterocycles. The first kappa shape index (κ1) is 26.8. The zero-order valence-corrected chi connectivity index (χ0v) is 24.7. The summed E-state index contributed by atoms with van der Waals surface area (Å²) >= 11 is 6.92. The van der Waals surface area contributed by atoms with Gasteiger partial charge in [-0.1, -0.05) is 57.9 Å². The molecule has 8 nitrogen and oxygen atoms in total. The van der Waals surface area contributed by atoms with Gasteiger partial charge >= 0.3 is 5.97 Å². The van der Waals surface area contributed by atoms with Gasteiger partial charge in [0.15, 0.2) is 17.2 Å². The fraction of sp³-hybridized carbons (Fsp3) is 0.0645. The van der Waals surface area contributed by atoms with Crippen molar-refractivity contribution in [1.82, 2.24) is 10.4 Å². The molecule has 5 aromatic rings.